The number of unbranched alkanes of at least 4 members (excludes halogenated alkanes) is 2. The second-order valence-electron chi connectivity index (χ2n) is 4.72. The topological polar surface area (TPSA) is 104 Å². The zero-order valence-electron chi connectivity index (χ0n) is 11.0. The summed E-state index contributed by atoms with van der Waals surface area (Å²) in [5, 5.41) is 25.4. The largest absolute Gasteiger partial charge is 0.396 e. The first-order valence-electron chi connectivity index (χ1n) is 6.57. The van der Waals surface area contributed by atoms with E-state index in [1.165, 1.54) is 6.07 Å². The van der Waals surface area contributed by atoms with Gasteiger partial charge in [-0.3, -0.25) is 14.9 Å². The molecule has 0 aromatic heterocycles. The zero-order chi connectivity index (χ0) is 14.5. The van der Waals surface area contributed by atoms with Crippen LogP contribution < -0.4 is 10.6 Å². The summed E-state index contributed by atoms with van der Waals surface area (Å²) in [7, 11) is 0. The van der Waals surface area contributed by atoms with Crippen molar-refractivity contribution < 1.29 is 14.8 Å². The summed E-state index contributed by atoms with van der Waals surface area (Å²) in [6.07, 6.45) is 2.59. The third-order valence-corrected chi connectivity index (χ3v) is 3.19. The molecule has 7 heteroatoms. The van der Waals surface area contributed by atoms with Gasteiger partial charge in [0.15, 0.2) is 0 Å². The van der Waals surface area contributed by atoms with Gasteiger partial charge in [0.1, 0.15) is 5.69 Å². The minimum Gasteiger partial charge on any atom is -0.396 e. The molecule has 0 spiro atoms. The second kappa shape index (κ2) is 6.33. The highest BCUT2D eigenvalue weighted by molar-refractivity contribution is 6.00. The van der Waals surface area contributed by atoms with Crippen LogP contribution in [0.3, 0.4) is 0 Å². The van der Waals surface area contributed by atoms with Crippen molar-refractivity contribution in [3.05, 3.63) is 27.8 Å². The maximum absolute atomic E-state index is 11.3. The lowest BCUT2D eigenvalue weighted by molar-refractivity contribution is -0.384. The molecule has 0 unspecified atom stereocenters. The molecule has 0 radical (unpaired) electrons. The van der Waals surface area contributed by atoms with Crippen LogP contribution in [-0.4, -0.2) is 29.1 Å². The number of nitro groups is 1. The molecule has 1 heterocycles. The van der Waals surface area contributed by atoms with E-state index in [4.69, 9.17) is 5.11 Å². The molecule has 0 saturated heterocycles. The van der Waals surface area contributed by atoms with Crippen molar-refractivity contribution in [2.45, 2.75) is 25.7 Å². The monoisotopic (exact) mass is 279 g/mol. The summed E-state index contributed by atoms with van der Waals surface area (Å²) in [4.78, 5) is 21.9. The van der Waals surface area contributed by atoms with E-state index < -0.39 is 4.92 Å². The standard InChI is InChI=1S/C13H17N3O4/c17-5-3-1-2-4-14-11-8-10-9(7-13(18)15-10)6-12(11)16(19)20/h6,8,14,17H,1-5,7H2,(H,15,18). The van der Waals surface area contributed by atoms with Gasteiger partial charge in [-0.2, -0.15) is 0 Å². The van der Waals surface area contributed by atoms with Crippen molar-refractivity contribution in [1.82, 2.24) is 0 Å². The van der Waals surface area contributed by atoms with E-state index in [0.717, 1.165) is 19.3 Å². The number of rotatable bonds is 7. The first-order chi connectivity index (χ1) is 9.61. The van der Waals surface area contributed by atoms with Crippen molar-refractivity contribution in [2.75, 3.05) is 23.8 Å². The Morgan fingerprint density at radius 3 is 2.85 bits per heavy atom. The Morgan fingerprint density at radius 1 is 1.35 bits per heavy atom. The summed E-state index contributed by atoms with van der Waals surface area (Å²) in [5.74, 6) is -0.144. The number of nitrogens with zero attached hydrogens (tertiary/aromatic N) is 1. The number of aliphatic hydroxyl groups excluding tert-OH is 1. The molecule has 0 fully saturated rings. The molecule has 0 saturated carbocycles. The Balaban J connectivity index is 2.09. The van der Waals surface area contributed by atoms with Crippen LogP contribution in [-0.2, 0) is 11.2 Å². The van der Waals surface area contributed by atoms with Gasteiger partial charge in [0.05, 0.1) is 11.3 Å². The zero-order valence-corrected chi connectivity index (χ0v) is 11.0. The summed E-state index contributed by atoms with van der Waals surface area (Å²) >= 11 is 0. The molecular weight excluding hydrogens is 262 g/mol. The molecule has 3 N–H and O–H groups in total. The number of carbonyl (C=O) groups excluding carboxylic acids is 1. The van der Waals surface area contributed by atoms with Gasteiger partial charge < -0.3 is 15.7 Å². The van der Waals surface area contributed by atoms with Gasteiger partial charge in [-0.05, 0) is 30.9 Å². The second-order valence-corrected chi connectivity index (χ2v) is 4.72. The van der Waals surface area contributed by atoms with E-state index in [2.05, 4.69) is 10.6 Å². The maximum atomic E-state index is 11.3. The van der Waals surface area contributed by atoms with Crippen LogP contribution in [0.1, 0.15) is 24.8 Å². The average molecular weight is 279 g/mol. The molecule has 108 valence electrons. The van der Waals surface area contributed by atoms with Crippen LogP contribution in [0.25, 0.3) is 0 Å². The van der Waals surface area contributed by atoms with E-state index >= 15 is 0 Å². The van der Waals surface area contributed by atoms with Crippen molar-refractivity contribution in [2.24, 2.45) is 0 Å². The number of hydrogen-bond acceptors (Lipinski definition) is 5. The van der Waals surface area contributed by atoms with E-state index in [1.54, 1.807) is 6.07 Å². The Hall–Kier alpha value is -2.15. The van der Waals surface area contributed by atoms with Crippen molar-refractivity contribution in [1.29, 1.82) is 0 Å². The first-order valence-corrected chi connectivity index (χ1v) is 6.57. The lowest BCUT2D eigenvalue weighted by Crippen LogP contribution is -2.06. The van der Waals surface area contributed by atoms with Crippen LogP contribution in [0, 0.1) is 10.1 Å². The number of hydrogen-bond donors (Lipinski definition) is 3. The van der Waals surface area contributed by atoms with Crippen molar-refractivity contribution in [3.63, 3.8) is 0 Å². The molecule has 7 nitrogen and oxygen atoms in total. The highest BCUT2D eigenvalue weighted by Crippen LogP contribution is 2.34. The van der Waals surface area contributed by atoms with Crippen LogP contribution in [0.15, 0.2) is 12.1 Å². The fourth-order valence-corrected chi connectivity index (χ4v) is 2.19. The van der Waals surface area contributed by atoms with Crippen LogP contribution in [0.2, 0.25) is 0 Å². The SMILES string of the molecule is O=C1Cc2cc([N+](=O)[O-])c(NCCCCCO)cc2N1. The first kappa shape index (κ1) is 14.3. The fraction of sp³-hybridized carbons (Fsp3) is 0.462. The smallest absolute Gasteiger partial charge is 0.292 e. The summed E-state index contributed by atoms with van der Waals surface area (Å²) < 4.78 is 0. The van der Waals surface area contributed by atoms with Crippen molar-refractivity contribution >= 4 is 23.0 Å². The summed E-state index contributed by atoms with van der Waals surface area (Å²) in [6.45, 7) is 0.749. The van der Waals surface area contributed by atoms with Gasteiger partial charge in [-0.15, -0.1) is 0 Å². The van der Waals surface area contributed by atoms with Gasteiger partial charge in [-0.25, -0.2) is 0 Å². The summed E-state index contributed by atoms with van der Waals surface area (Å²) in [6, 6.07) is 3.06. The number of aliphatic hydroxyl groups is 1. The maximum Gasteiger partial charge on any atom is 0.292 e. The van der Waals surface area contributed by atoms with Gasteiger partial charge in [0.2, 0.25) is 5.91 Å². The van der Waals surface area contributed by atoms with Gasteiger partial charge >= 0.3 is 0 Å². The highest BCUT2D eigenvalue weighted by atomic mass is 16.6. The van der Waals surface area contributed by atoms with Crippen LogP contribution in [0.5, 0.6) is 0 Å². The van der Waals surface area contributed by atoms with Crippen molar-refractivity contribution in [3.8, 4) is 0 Å². The van der Waals surface area contributed by atoms with Crippen LogP contribution in [0.4, 0.5) is 17.1 Å². The molecule has 2 rings (SSSR count). The summed E-state index contributed by atoms with van der Waals surface area (Å²) in [5.41, 5.74) is 1.70. The van der Waals surface area contributed by atoms with Gasteiger partial charge in [-0.1, -0.05) is 0 Å². The third-order valence-electron chi connectivity index (χ3n) is 3.19. The van der Waals surface area contributed by atoms with E-state index in [0.29, 0.717) is 23.5 Å². The number of amides is 1. The van der Waals surface area contributed by atoms with Crippen LogP contribution >= 0.6 is 0 Å². The number of carbonyl (C=O) groups is 1. The molecule has 0 atom stereocenters. The number of anilines is 2. The molecule has 0 bridgehead atoms. The predicted molar refractivity (Wildman–Crippen MR) is 74.9 cm³/mol. The molecular formula is C13H17N3O4. The highest BCUT2D eigenvalue weighted by Gasteiger charge is 2.24. The number of nitrogens with one attached hydrogen (secondary N) is 2. The molecule has 0 aliphatic carbocycles. The van der Waals surface area contributed by atoms with E-state index in [-0.39, 0.29) is 24.6 Å². The van der Waals surface area contributed by atoms with E-state index in [1.807, 2.05) is 0 Å². The lowest BCUT2D eigenvalue weighted by Gasteiger charge is -2.09. The molecule has 1 aliphatic heterocycles. The average Bonchev–Trinajstić information content (AvgIpc) is 2.76. The fourth-order valence-electron chi connectivity index (χ4n) is 2.19. The molecule has 1 aromatic rings. The normalized spacial score (nSPS) is 12.9. The molecule has 1 amide bonds. The molecule has 20 heavy (non-hydrogen) atoms. The minimum absolute atomic E-state index is 0.0117. The van der Waals surface area contributed by atoms with E-state index in [9.17, 15) is 14.9 Å². The predicted octanol–water partition coefficient (Wildman–Crippen LogP) is 1.66. The van der Waals surface area contributed by atoms with Gasteiger partial charge in [0.25, 0.3) is 5.69 Å². The number of benzene rings is 1. The molecule has 1 aliphatic rings. The Morgan fingerprint density at radius 2 is 2.15 bits per heavy atom. The minimum atomic E-state index is -0.445. The Kier molecular flexibility index (Phi) is 4.52. The Labute approximate surface area is 116 Å². The van der Waals surface area contributed by atoms with Gasteiger partial charge in [0, 0.05) is 24.9 Å². The quantitative estimate of drug-likeness (QED) is 0.400. The Bertz CT molecular complexity index is 531. The number of fused-ring (bicyclic) bond motifs is 1. The third kappa shape index (κ3) is 3.24. The molecule has 1 aromatic carbocycles. The number of nitro benzene ring substituents is 1. The lowest BCUT2D eigenvalue weighted by atomic mass is 10.1.